The number of hydrogen-bond donors (Lipinski definition) is 1. The maximum atomic E-state index is 14.8. The molecule has 37 heavy (non-hydrogen) atoms. The third-order valence-corrected chi connectivity index (χ3v) is 7.47. The number of aryl methyl sites for hydroxylation is 1. The van der Waals surface area contributed by atoms with Crippen LogP contribution in [-0.4, -0.2) is 28.0 Å². The van der Waals surface area contributed by atoms with Crippen LogP contribution >= 0.6 is 24.8 Å². The zero-order valence-corrected chi connectivity index (χ0v) is 22.4. The Balaban J connectivity index is 0.00000320. The molecule has 0 aliphatic heterocycles. The number of aromatic nitrogens is 2. The number of thiophene rings is 1. The van der Waals surface area contributed by atoms with E-state index in [4.69, 9.17) is 9.47 Å². The average Bonchev–Trinajstić information content (AvgIpc) is 3.49. The summed E-state index contributed by atoms with van der Waals surface area (Å²) < 4.78 is 27.9. The standard InChI is InChI=1S/C28H27FN2O4S.H2S/c1-17-6-11-26(36-17)28-20(15-30-31(28)25-13-21(34-2)9-10-24(25)29)16-35-22-5-3-4-19(12-22)23(14-27(32)33)18-7-8-18;/h3-6,9-13,15,18,23H,7-8,14,16H2,1-2H3,(H,32,33);1H2/t23-;/m0./s1. The maximum Gasteiger partial charge on any atom is 0.303 e. The van der Waals surface area contributed by atoms with Gasteiger partial charge in [-0.1, -0.05) is 12.1 Å². The van der Waals surface area contributed by atoms with Crippen molar-refractivity contribution in [2.75, 3.05) is 7.11 Å². The highest BCUT2D eigenvalue weighted by atomic mass is 32.1. The summed E-state index contributed by atoms with van der Waals surface area (Å²) in [6, 6.07) is 16.3. The predicted octanol–water partition coefficient (Wildman–Crippen LogP) is 6.72. The zero-order valence-electron chi connectivity index (χ0n) is 20.6. The molecule has 0 amide bonds. The van der Waals surface area contributed by atoms with Gasteiger partial charge < -0.3 is 14.6 Å². The van der Waals surface area contributed by atoms with Crippen LogP contribution in [0.25, 0.3) is 16.3 Å². The van der Waals surface area contributed by atoms with Gasteiger partial charge in [0.05, 0.1) is 30.3 Å². The highest BCUT2D eigenvalue weighted by molar-refractivity contribution is 7.59. The van der Waals surface area contributed by atoms with E-state index in [9.17, 15) is 14.3 Å². The lowest BCUT2D eigenvalue weighted by atomic mass is 9.91. The fourth-order valence-electron chi connectivity index (χ4n) is 4.52. The number of halogens is 1. The summed E-state index contributed by atoms with van der Waals surface area (Å²) in [5.41, 5.74) is 2.86. The van der Waals surface area contributed by atoms with Crippen LogP contribution in [0.4, 0.5) is 4.39 Å². The number of nitrogens with zero attached hydrogens (tertiary/aromatic N) is 2. The first kappa shape index (κ1) is 26.8. The van der Waals surface area contributed by atoms with Gasteiger partial charge in [-0.15, -0.1) is 11.3 Å². The number of ether oxygens (including phenoxy) is 2. The van der Waals surface area contributed by atoms with E-state index in [2.05, 4.69) is 5.10 Å². The molecular weight excluding hydrogens is 511 g/mol. The van der Waals surface area contributed by atoms with Crippen LogP contribution < -0.4 is 9.47 Å². The van der Waals surface area contributed by atoms with Crippen molar-refractivity contribution in [3.05, 3.63) is 82.6 Å². The minimum atomic E-state index is -0.786. The molecule has 6 nitrogen and oxygen atoms in total. The molecule has 5 rings (SSSR count). The van der Waals surface area contributed by atoms with Crippen LogP contribution in [0.1, 0.15) is 41.2 Å². The third-order valence-electron chi connectivity index (χ3n) is 6.47. The molecule has 2 aromatic heterocycles. The molecule has 0 unspecified atom stereocenters. The van der Waals surface area contributed by atoms with Gasteiger partial charge in [-0.25, -0.2) is 9.07 Å². The average molecular weight is 541 g/mol. The molecule has 194 valence electrons. The second-order valence-corrected chi connectivity index (χ2v) is 10.3. The van der Waals surface area contributed by atoms with Gasteiger partial charge in [0.25, 0.3) is 0 Å². The van der Waals surface area contributed by atoms with Gasteiger partial charge in [0.15, 0.2) is 0 Å². The molecule has 4 aromatic rings. The first-order valence-electron chi connectivity index (χ1n) is 11.8. The van der Waals surface area contributed by atoms with E-state index >= 15 is 0 Å². The van der Waals surface area contributed by atoms with Gasteiger partial charge in [0, 0.05) is 16.5 Å². The number of carboxylic acids is 1. The van der Waals surface area contributed by atoms with Gasteiger partial charge in [0.1, 0.15) is 29.6 Å². The summed E-state index contributed by atoms with van der Waals surface area (Å²) in [7, 11) is 1.54. The predicted molar refractivity (Wildman–Crippen MR) is 147 cm³/mol. The number of carboxylic acid groups (broad SMARTS) is 1. The van der Waals surface area contributed by atoms with Crippen LogP contribution in [0.5, 0.6) is 11.5 Å². The minimum Gasteiger partial charge on any atom is -0.497 e. The Bertz CT molecular complexity index is 1400. The van der Waals surface area contributed by atoms with Gasteiger partial charge >= 0.3 is 5.97 Å². The van der Waals surface area contributed by atoms with Crippen molar-refractivity contribution < 1.29 is 23.8 Å². The van der Waals surface area contributed by atoms with Crippen molar-refractivity contribution >= 4 is 30.8 Å². The van der Waals surface area contributed by atoms with E-state index in [1.54, 1.807) is 41.5 Å². The smallest absolute Gasteiger partial charge is 0.303 e. The summed E-state index contributed by atoms with van der Waals surface area (Å²) in [4.78, 5) is 13.5. The first-order chi connectivity index (χ1) is 17.4. The lowest BCUT2D eigenvalue weighted by Gasteiger charge is -2.16. The van der Waals surface area contributed by atoms with E-state index < -0.39 is 11.8 Å². The van der Waals surface area contributed by atoms with Gasteiger partial charge in [-0.3, -0.25) is 4.79 Å². The van der Waals surface area contributed by atoms with Crippen molar-refractivity contribution in [2.45, 2.75) is 38.7 Å². The SMILES string of the molecule is COc1ccc(F)c(-n2ncc(COc3cccc([C@@H](CC(=O)O)C4CC4)c3)c2-c2ccc(C)s2)c1.S. The fraction of sp³-hybridized carbons (Fsp3) is 0.286. The van der Waals surface area contributed by atoms with E-state index in [0.29, 0.717) is 23.1 Å². The lowest BCUT2D eigenvalue weighted by Crippen LogP contribution is -2.08. The highest BCUT2D eigenvalue weighted by Crippen LogP contribution is 2.45. The summed E-state index contributed by atoms with van der Waals surface area (Å²) >= 11 is 1.60. The highest BCUT2D eigenvalue weighted by Gasteiger charge is 2.33. The molecular formula is C28H29FN2O4S2. The molecule has 1 saturated carbocycles. The Labute approximate surface area is 226 Å². The summed E-state index contributed by atoms with van der Waals surface area (Å²) in [6.45, 7) is 2.25. The van der Waals surface area contributed by atoms with Crippen molar-refractivity contribution in [3.8, 4) is 27.8 Å². The minimum absolute atomic E-state index is 0. The normalized spacial score (nSPS) is 13.6. The Kier molecular flexibility index (Phi) is 8.24. The molecule has 0 saturated heterocycles. The molecule has 0 radical (unpaired) electrons. The summed E-state index contributed by atoms with van der Waals surface area (Å²) in [6.07, 6.45) is 3.94. The van der Waals surface area contributed by atoms with Crippen LogP contribution in [0, 0.1) is 18.7 Å². The van der Waals surface area contributed by atoms with E-state index in [1.165, 1.54) is 6.07 Å². The van der Waals surface area contributed by atoms with Crippen LogP contribution in [0.15, 0.2) is 60.8 Å². The van der Waals surface area contributed by atoms with Crippen molar-refractivity contribution in [3.63, 3.8) is 0 Å². The molecule has 2 aromatic carbocycles. The van der Waals surface area contributed by atoms with E-state index in [1.807, 2.05) is 43.3 Å². The number of hydrogen-bond acceptors (Lipinski definition) is 5. The molecule has 2 heterocycles. The maximum absolute atomic E-state index is 14.8. The second-order valence-electron chi connectivity index (χ2n) is 9.06. The van der Waals surface area contributed by atoms with E-state index in [0.717, 1.165) is 39.4 Å². The fourth-order valence-corrected chi connectivity index (χ4v) is 5.45. The Morgan fingerprint density at radius 1 is 1.19 bits per heavy atom. The monoisotopic (exact) mass is 540 g/mol. The largest absolute Gasteiger partial charge is 0.497 e. The first-order valence-corrected chi connectivity index (χ1v) is 12.7. The van der Waals surface area contributed by atoms with Crippen molar-refractivity contribution in [2.24, 2.45) is 5.92 Å². The summed E-state index contributed by atoms with van der Waals surface area (Å²) in [5, 5.41) is 13.9. The molecule has 1 aliphatic rings. The number of aliphatic carboxylic acids is 1. The lowest BCUT2D eigenvalue weighted by molar-refractivity contribution is -0.137. The third kappa shape index (κ3) is 5.99. The number of carbonyl (C=O) groups is 1. The van der Waals surface area contributed by atoms with Crippen LogP contribution in [0.3, 0.4) is 0 Å². The Morgan fingerprint density at radius 2 is 2.00 bits per heavy atom. The van der Waals surface area contributed by atoms with Gasteiger partial charge in [-0.05, 0) is 73.6 Å². The molecule has 1 aliphatic carbocycles. The molecule has 1 N–H and O–H groups in total. The van der Waals surface area contributed by atoms with Gasteiger partial charge in [-0.2, -0.15) is 18.6 Å². The summed E-state index contributed by atoms with van der Waals surface area (Å²) in [5.74, 6) is 0.425. The van der Waals surface area contributed by atoms with Crippen LogP contribution in [0.2, 0.25) is 0 Å². The Hall–Kier alpha value is -3.30. The molecule has 0 spiro atoms. The Morgan fingerprint density at radius 3 is 2.68 bits per heavy atom. The molecule has 1 fully saturated rings. The number of benzene rings is 2. The number of rotatable bonds is 10. The zero-order chi connectivity index (χ0) is 25.2. The van der Waals surface area contributed by atoms with Gasteiger partial charge in [0.2, 0.25) is 0 Å². The van der Waals surface area contributed by atoms with Crippen LogP contribution in [-0.2, 0) is 11.4 Å². The van der Waals surface area contributed by atoms with Crippen molar-refractivity contribution in [1.29, 1.82) is 0 Å². The second kappa shape index (κ2) is 11.4. The topological polar surface area (TPSA) is 73.6 Å². The molecule has 1 atom stereocenters. The number of methoxy groups -OCH3 is 1. The van der Waals surface area contributed by atoms with Crippen molar-refractivity contribution in [1.82, 2.24) is 9.78 Å². The molecule has 9 heteroatoms. The molecule has 0 bridgehead atoms. The van der Waals surface area contributed by atoms with E-state index in [-0.39, 0.29) is 32.4 Å². The quantitative estimate of drug-likeness (QED) is 0.242.